The largest absolute Gasteiger partial charge is 0.353 e. The highest BCUT2D eigenvalue weighted by Crippen LogP contribution is 2.24. The van der Waals surface area contributed by atoms with Crippen molar-refractivity contribution in [3.63, 3.8) is 0 Å². The van der Waals surface area contributed by atoms with Crippen LogP contribution in [0.5, 0.6) is 0 Å². The number of pyridine rings is 1. The maximum absolute atomic E-state index is 13.8. The Kier molecular flexibility index (Phi) is 4.36. The first kappa shape index (κ1) is 14.5. The van der Waals surface area contributed by atoms with E-state index in [2.05, 4.69) is 10.4 Å². The van der Waals surface area contributed by atoms with Crippen molar-refractivity contribution in [2.75, 3.05) is 17.4 Å². The molecule has 0 spiro atoms. The monoisotopic (exact) mass is 298 g/mol. The summed E-state index contributed by atoms with van der Waals surface area (Å²) >= 11 is 6.05. The van der Waals surface area contributed by atoms with Gasteiger partial charge in [-0.3, -0.25) is 0 Å². The fraction of sp³-hybridized carbons (Fsp3) is 0.154. The first-order chi connectivity index (χ1) is 9.52. The van der Waals surface area contributed by atoms with Crippen LogP contribution in [-0.4, -0.2) is 12.0 Å². The van der Waals surface area contributed by atoms with Crippen molar-refractivity contribution in [3.05, 3.63) is 52.6 Å². The predicted octanol–water partition coefficient (Wildman–Crippen LogP) is 2.94. The van der Waals surface area contributed by atoms with E-state index in [0.29, 0.717) is 11.6 Å². The van der Waals surface area contributed by atoms with Gasteiger partial charge in [0.1, 0.15) is 0 Å². The van der Waals surface area contributed by atoms with Gasteiger partial charge in [-0.05, 0) is 11.6 Å². The Morgan fingerprint density at radius 3 is 2.65 bits per heavy atom. The standard InChI is InChI=1S/C13H13ClF2N4/c1-20(7-8-4-2-3-5-9(8)14)13-11(16)6-10(15)12(18-13)19-17/h2-6H,7,17H2,1H3,(H,18,19). The molecule has 1 aromatic heterocycles. The molecule has 106 valence electrons. The van der Waals surface area contributed by atoms with Crippen LogP contribution in [0.2, 0.25) is 5.02 Å². The molecule has 3 N–H and O–H groups in total. The second kappa shape index (κ2) is 6.02. The van der Waals surface area contributed by atoms with Crippen LogP contribution in [0, 0.1) is 11.6 Å². The zero-order valence-electron chi connectivity index (χ0n) is 10.7. The van der Waals surface area contributed by atoms with Crippen LogP contribution in [-0.2, 0) is 6.54 Å². The number of hydrogen-bond donors (Lipinski definition) is 2. The van der Waals surface area contributed by atoms with Gasteiger partial charge in [-0.2, -0.15) is 0 Å². The van der Waals surface area contributed by atoms with Crippen molar-refractivity contribution in [2.45, 2.75) is 6.54 Å². The van der Waals surface area contributed by atoms with Crippen molar-refractivity contribution in [1.82, 2.24) is 4.98 Å². The van der Waals surface area contributed by atoms with Gasteiger partial charge >= 0.3 is 0 Å². The third-order valence-corrected chi connectivity index (χ3v) is 3.14. The second-order valence-corrected chi connectivity index (χ2v) is 4.62. The molecule has 0 unspecified atom stereocenters. The van der Waals surface area contributed by atoms with Gasteiger partial charge in [0.05, 0.1) is 0 Å². The summed E-state index contributed by atoms with van der Waals surface area (Å²) in [6.07, 6.45) is 0. The number of nitrogens with one attached hydrogen (secondary N) is 1. The topological polar surface area (TPSA) is 54.2 Å². The number of hydrazine groups is 1. The van der Waals surface area contributed by atoms with E-state index < -0.39 is 11.6 Å². The van der Waals surface area contributed by atoms with E-state index in [1.165, 1.54) is 4.90 Å². The number of anilines is 2. The van der Waals surface area contributed by atoms with Crippen molar-refractivity contribution in [3.8, 4) is 0 Å². The molecule has 0 amide bonds. The molecule has 0 saturated carbocycles. The number of nitrogens with two attached hydrogens (primary N) is 1. The van der Waals surface area contributed by atoms with Crippen LogP contribution in [0.15, 0.2) is 30.3 Å². The molecule has 0 aliphatic carbocycles. The van der Waals surface area contributed by atoms with E-state index in [4.69, 9.17) is 17.4 Å². The number of nitrogen functional groups attached to an aromatic ring is 1. The average molecular weight is 299 g/mol. The van der Waals surface area contributed by atoms with Crippen LogP contribution >= 0.6 is 11.6 Å². The van der Waals surface area contributed by atoms with Crippen molar-refractivity contribution < 1.29 is 8.78 Å². The summed E-state index contributed by atoms with van der Waals surface area (Å²) in [5, 5.41) is 0.569. The van der Waals surface area contributed by atoms with Gasteiger partial charge in [0, 0.05) is 24.7 Å². The number of nitrogens with zero attached hydrogens (tertiary/aromatic N) is 2. The molecule has 4 nitrogen and oxygen atoms in total. The lowest BCUT2D eigenvalue weighted by molar-refractivity contribution is 0.572. The van der Waals surface area contributed by atoms with Crippen LogP contribution < -0.4 is 16.2 Å². The summed E-state index contributed by atoms with van der Waals surface area (Å²) in [6.45, 7) is 0.333. The first-order valence-corrected chi connectivity index (χ1v) is 6.18. The average Bonchev–Trinajstić information content (AvgIpc) is 2.41. The third-order valence-electron chi connectivity index (χ3n) is 2.77. The molecular formula is C13H13ClF2N4. The molecular weight excluding hydrogens is 286 g/mol. The highest BCUT2D eigenvalue weighted by molar-refractivity contribution is 6.31. The smallest absolute Gasteiger partial charge is 0.178 e. The molecule has 0 aliphatic heterocycles. The van der Waals surface area contributed by atoms with Crippen LogP contribution in [0.3, 0.4) is 0 Å². The Balaban J connectivity index is 2.30. The minimum atomic E-state index is -0.847. The minimum absolute atomic E-state index is 0.0146. The van der Waals surface area contributed by atoms with E-state index in [1.54, 1.807) is 19.2 Å². The maximum atomic E-state index is 13.8. The summed E-state index contributed by atoms with van der Waals surface area (Å²) < 4.78 is 27.1. The number of aromatic nitrogens is 1. The molecule has 1 heterocycles. The molecule has 7 heteroatoms. The van der Waals surface area contributed by atoms with E-state index >= 15 is 0 Å². The molecule has 0 aliphatic rings. The number of hydrogen-bond acceptors (Lipinski definition) is 4. The molecule has 20 heavy (non-hydrogen) atoms. The maximum Gasteiger partial charge on any atom is 0.178 e. The van der Waals surface area contributed by atoms with Gasteiger partial charge in [-0.15, -0.1) is 0 Å². The quantitative estimate of drug-likeness (QED) is 0.673. The predicted molar refractivity (Wildman–Crippen MR) is 75.5 cm³/mol. The van der Waals surface area contributed by atoms with Crippen molar-refractivity contribution in [1.29, 1.82) is 0 Å². The van der Waals surface area contributed by atoms with Gasteiger partial charge in [0.15, 0.2) is 23.3 Å². The lowest BCUT2D eigenvalue weighted by Crippen LogP contribution is -2.21. The van der Waals surface area contributed by atoms with Gasteiger partial charge in [-0.1, -0.05) is 29.8 Å². The fourth-order valence-corrected chi connectivity index (χ4v) is 1.98. The Hall–Kier alpha value is -1.92. The van der Waals surface area contributed by atoms with Crippen LogP contribution in [0.4, 0.5) is 20.4 Å². The number of halogens is 3. The number of rotatable bonds is 4. The Morgan fingerprint density at radius 2 is 2.00 bits per heavy atom. The number of benzene rings is 1. The van der Waals surface area contributed by atoms with Gasteiger partial charge < -0.3 is 10.3 Å². The summed E-state index contributed by atoms with van der Waals surface area (Å²) in [7, 11) is 1.63. The Morgan fingerprint density at radius 1 is 1.30 bits per heavy atom. The SMILES string of the molecule is CN(Cc1ccccc1Cl)c1nc(NN)c(F)cc1F. The van der Waals surface area contributed by atoms with Crippen molar-refractivity contribution >= 4 is 23.2 Å². The molecule has 0 bridgehead atoms. The van der Waals surface area contributed by atoms with Crippen LogP contribution in [0.1, 0.15) is 5.56 Å². The van der Waals surface area contributed by atoms with E-state index in [9.17, 15) is 8.78 Å². The zero-order valence-corrected chi connectivity index (χ0v) is 11.5. The molecule has 1 aromatic carbocycles. The van der Waals surface area contributed by atoms with Gasteiger partial charge in [0.2, 0.25) is 0 Å². The minimum Gasteiger partial charge on any atom is -0.353 e. The Labute approximate surface area is 120 Å². The lowest BCUT2D eigenvalue weighted by atomic mass is 10.2. The van der Waals surface area contributed by atoms with E-state index in [-0.39, 0.29) is 11.6 Å². The second-order valence-electron chi connectivity index (χ2n) is 4.22. The normalized spacial score (nSPS) is 10.4. The summed E-state index contributed by atoms with van der Waals surface area (Å²) in [5.74, 6) is 3.29. The highest BCUT2D eigenvalue weighted by Gasteiger charge is 2.15. The molecule has 0 atom stereocenters. The molecule has 0 radical (unpaired) electrons. The summed E-state index contributed by atoms with van der Waals surface area (Å²) in [6, 6.07) is 7.93. The first-order valence-electron chi connectivity index (χ1n) is 5.80. The molecule has 2 rings (SSSR count). The lowest BCUT2D eigenvalue weighted by Gasteiger charge is -2.20. The van der Waals surface area contributed by atoms with Crippen molar-refractivity contribution in [2.24, 2.45) is 5.84 Å². The fourth-order valence-electron chi connectivity index (χ4n) is 1.78. The molecule has 0 saturated heterocycles. The van der Waals surface area contributed by atoms with E-state index in [1.807, 2.05) is 12.1 Å². The molecule has 2 aromatic rings. The van der Waals surface area contributed by atoms with Gasteiger partial charge in [-0.25, -0.2) is 19.6 Å². The summed E-state index contributed by atoms with van der Waals surface area (Å²) in [4.78, 5) is 5.34. The molecule has 0 fully saturated rings. The van der Waals surface area contributed by atoms with Crippen LogP contribution in [0.25, 0.3) is 0 Å². The zero-order chi connectivity index (χ0) is 14.7. The van der Waals surface area contributed by atoms with E-state index in [0.717, 1.165) is 11.6 Å². The highest BCUT2D eigenvalue weighted by atomic mass is 35.5. The third kappa shape index (κ3) is 2.97. The Bertz CT molecular complexity index is 621. The summed E-state index contributed by atoms with van der Waals surface area (Å²) in [5.41, 5.74) is 2.90. The van der Waals surface area contributed by atoms with Gasteiger partial charge in [0.25, 0.3) is 0 Å².